The zero-order chi connectivity index (χ0) is 84.9. The molecule has 52 atom stereocenters. The van der Waals surface area contributed by atoms with Gasteiger partial charge in [-0.2, -0.15) is 0 Å². The summed E-state index contributed by atoms with van der Waals surface area (Å²) in [6.07, 6.45) is -89.8. The van der Waals surface area contributed by atoms with Crippen LogP contribution >= 0.6 is 0 Å². The molecule has 0 saturated carbocycles. The molecule has 684 valence electrons. The largest absolute Gasteiger partial charge is 0.394 e. The summed E-state index contributed by atoms with van der Waals surface area (Å²) in [4.78, 5) is 0. The summed E-state index contributed by atoms with van der Waals surface area (Å²) in [5.74, 6) is 0. The normalized spacial score (nSPS) is 54.7. The maximum Gasteiger partial charge on any atom is 0.187 e. The molecule has 118 heavy (non-hydrogen) atoms. The maximum absolute atomic E-state index is 11.5. The Balaban J connectivity index is 0.501. The van der Waals surface area contributed by atoms with Crippen LogP contribution in [0.3, 0.4) is 0 Å². The van der Waals surface area contributed by atoms with Crippen LogP contribution in [-0.2, 0) is 118 Å². The summed E-state index contributed by atoms with van der Waals surface area (Å²) >= 11 is 0. The molecular weight excluding hydrogens is 1630 g/mol. The molecular formula is C65H106O53. The molecule has 13 fully saturated rings. The highest BCUT2D eigenvalue weighted by atomic mass is 16.8. The van der Waals surface area contributed by atoms with Crippen LogP contribution in [0.2, 0.25) is 0 Å². The molecule has 2 unspecified atom stereocenters. The van der Waals surface area contributed by atoms with E-state index in [1.54, 1.807) is 0 Å². The Morgan fingerprint density at radius 1 is 0.169 bits per heavy atom. The Morgan fingerprint density at radius 2 is 0.356 bits per heavy atom. The lowest BCUT2D eigenvalue weighted by molar-refractivity contribution is -0.374. The average Bonchev–Trinajstić information content (AvgIpc) is 1.47. The number of hydrogen-bond donors (Lipinski definition) is 28. The lowest BCUT2D eigenvalue weighted by Gasteiger charge is -2.46. The molecule has 0 aromatic carbocycles. The van der Waals surface area contributed by atoms with Gasteiger partial charge >= 0.3 is 0 Å². The quantitative estimate of drug-likeness (QED) is 0.0404. The van der Waals surface area contributed by atoms with Crippen molar-refractivity contribution in [2.45, 2.75) is 320 Å². The molecule has 0 aromatic rings. The van der Waals surface area contributed by atoms with E-state index in [4.69, 9.17) is 118 Å². The van der Waals surface area contributed by atoms with Crippen LogP contribution in [0.4, 0.5) is 0 Å². The predicted octanol–water partition coefficient (Wildman–Crippen LogP) is -21.0. The summed E-state index contributed by atoms with van der Waals surface area (Å²) in [6.45, 7) is -7.48. The van der Waals surface area contributed by atoms with E-state index in [-0.39, 0.29) is 0 Å². The van der Waals surface area contributed by atoms with E-state index < -0.39 is 406 Å². The van der Waals surface area contributed by atoms with E-state index >= 15 is 0 Å². The van der Waals surface area contributed by atoms with E-state index in [1.807, 2.05) is 0 Å². The number of hydrogen-bond acceptors (Lipinski definition) is 53. The van der Waals surface area contributed by atoms with Crippen molar-refractivity contribution in [1.29, 1.82) is 0 Å². The molecule has 13 aliphatic rings. The first-order chi connectivity index (χ1) is 56.1. The van der Waals surface area contributed by atoms with E-state index in [1.165, 1.54) is 0 Å². The van der Waals surface area contributed by atoms with Crippen molar-refractivity contribution in [2.75, 3.05) is 85.9 Å². The minimum atomic E-state index is -2.00. The first-order valence-corrected chi connectivity index (χ1v) is 38.0. The maximum atomic E-state index is 11.5. The first-order valence-electron chi connectivity index (χ1n) is 38.0. The molecule has 13 aliphatic heterocycles. The summed E-state index contributed by atoms with van der Waals surface area (Å²) in [5.41, 5.74) is 0. The summed E-state index contributed by atoms with van der Waals surface area (Å²) in [6, 6.07) is 0. The highest BCUT2D eigenvalue weighted by molar-refractivity contribution is 4.99. The van der Waals surface area contributed by atoms with Gasteiger partial charge in [-0.05, 0) is 0 Å². The van der Waals surface area contributed by atoms with Crippen molar-refractivity contribution in [3.8, 4) is 0 Å². The van der Waals surface area contributed by atoms with E-state index in [0.717, 1.165) is 0 Å². The molecule has 13 heterocycles. The van der Waals surface area contributed by atoms with E-state index in [0.29, 0.717) is 0 Å². The molecule has 13 rings (SSSR count). The minimum Gasteiger partial charge on any atom is -0.394 e. The Labute approximate surface area is 665 Å². The molecule has 53 nitrogen and oxygen atoms in total. The summed E-state index contributed by atoms with van der Waals surface area (Å²) < 4.78 is 140. The molecule has 0 amide bonds. The van der Waals surface area contributed by atoms with Gasteiger partial charge in [-0.1, -0.05) is 0 Å². The van der Waals surface area contributed by atoms with Crippen molar-refractivity contribution >= 4 is 0 Å². The lowest BCUT2D eigenvalue weighted by Crippen LogP contribution is -2.64. The minimum absolute atomic E-state index is 0.410. The van der Waals surface area contributed by atoms with Gasteiger partial charge in [0.15, 0.2) is 81.8 Å². The summed E-state index contributed by atoms with van der Waals surface area (Å²) in [7, 11) is 0. The number of aliphatic hydroxyl groups excluding tert-OH is 28. The number of rotatable bonds is 25. The molecule has 0 bridgehead atoms. The Kier molecular flexibility index (Phi) is 32.1. The van der Waals surface area contributed by atoms with Crippen molar-refractivity contribution in [3.63, 3.8) is 0 Å². The second kappa shape index (κ2) is 40.5. The molecule has 28 N–H and O–H groups in total. The highest BCUT2D eigenvalue weighted by Gasteiger charge is 2.58. The van der Waals surface area contributed by atoms with Crippen LogP contribution in [0.25, 0.3) is 0 Å². The van der Waals surface area contributed by atoms with Gasteiger partial charge in [0, 0.05) is 0 Å². The van der Waals surface area contributed by atoms with Gasteiger partial charge in [-0.25, -0.2) is 0 Å². The zero-order valence-corrected chi connectivity index (χ0v) is 61.9. The monoisotopic (exact) mass is 1730 g/mol. The topological polar surface area (TPSA) is 797 Å². The Hall–Kier alpha value is -2.12. The van der Waals surface area contributed by atoms with Crippen LogP contribution in [-0.4, -0.2) is 549 Å². The van der Waals surface area contributed by atoms with E-state index in [2.05, 4.69) is 0 Å². The van der Waals surface area contributed by atoms with Crippen molar-refractivity contribution in [2.24, 2.45) is 0 Å². The summed E-state index contributed by atoms with van der Waals surface area (Å²) in [5, 5.41) is 302. The third-order valence-electron chi connectivity index (χ3n) is 22.4. The molecule has 53 heteroatoms. The second-order valence-corrected chi connectivity index (χ2v) is 30.5. The van der Waals surface area contributed by atoms with Gasteiger partial charge < -0.3 is 261 Å². The fourth-order valence-electron chi connectivity index (χ4n) is 15.0. The Bertz CT molecular complexity index is 3070. The molecule has 0 spiro atoms. The van der Waals surface area contributed by atoms with Crippen molar-refractivity contribution in [3.05, 3.63) is 0 Å². The molecule has 0 aromatic heterocycles. The van der Waals surface area contributed by atoms with Gasteiger partial charge in [0.25, 0.3) is 0 Å². The van der Waals surface area contributed by atoms with Crippen LogP contribution < -0.4 is 0 Å². The zero-order valence-electron chi connectivity index (χ0n) is 61.9. The van der Waals surface area contributed by atoms with Gasteiger partial charge in [-0.15, -0.1) is 0 Å². The average molecular weight is 1740 g/mol. The molecule has 0 radical (unpaired) electrons. The lowest BCUT2D eigenvalue weighted by atomic mass is 10.0. The van der Waals surface area contributed by atoms with Crippen molar-refractivity contribution < 1.29 is 261 Å². The van der Waals surface area contributed by atoms with Crippen LogP contribution in [0.5, 0.6) is 0 Å². The van der Waals surface area contributed by atoms with Gasteiger partial charge in [0.1, 0.15) is 238 Å². The number of aliphatic hydroxyl groups is 28. The smallest absolute Gasteiger partial charge is 0.187 e. The Morgan fingerprint density at radius 3 is 0.593 bits per heavy atom. The standard InChI is InChI=1S/C65H106O53/c66-1-15-28(69)51(92)64(106-15)118-52-39(80)26(116-54-41(82)27(68)14(67)2-95-54)13-105-65(52)117-25-12-104-63(50(91)38(25)79)115-24-11-103-62(49(90)37(24)78)114-23-10-102-61(48(89)36(23)77)113-22-9-101-60(47(88)35(22)76)112-21-8-100-59(46(87)34(21)75)111-20-7-99-58(45(86)33(20)74)110-19-6-98-57(44(85)32(19)73)109-18-5-97-56(43(84)31(18)72)108-17-4-96-55(42(83)30(17)71)107-16-3-94-53(93)40(81)29(16)70/h14-93H,1-13H2/t14-,15+,16-,17-,18-,19-,20-,21-,22-,23-,24-,25-,26-,27+,28+,29+,30+,31+,32+,33+,34+,35+,36+,37+,38+,39+,40-,41-,42-,43-,44-,45-,46-,47-,48-,49-,50-,51-,52-,53?,54+,55?,56+,57+,58+,59+,60+,61+,62+,63+,64+,65+/m1/s1. The fraction of sp³-hybridized carbons (Fsp3) is 1.00. The highest BCUT2D eigenvalue weighted by Crippen LogP contribution is 2.38. The van der Waals surface area contributed by atoms with Crippen LogP contribution in [0.15, 0.2) is 0 Å². The van der Waals surface area contributed by atoms with E-state index in [9.17, 15) is 143 Å². The number of ether oxygens (including phenoxy) is 25. The SMILES string of the molecule is OC[C@@H]1O[C@@H](O[C@H]2[C@H](O[C@@H]3CO[C@@H](O[C@@H]4CO[C@@H](O[C@@H]5CO[C@@H](O[C@@H]6CO[C@@H](O[C@@H]7CO[C@@H](O[C@@H]8CO[C@@H](O[C@@H]9CO[C@@H](O[C@@H]%10CO[C@@H](O[C@@H]%11COC(O[C@@H]%12COC(O)[C@H](O)[C@H]%12O)[C@H](O)[C@H]%11O)[C@H](O)[C@H]%10O)[C@H](O)[C@H]9O)[C@H](O)[C@H]8O)[C@H](O)[C@H]7O)[C@H](O)[C@H]6O)[C@H](O)[C@H]5O)[C@H](O)[C@H]4O)[C@H](O)[C@H]3O)OC[C@@H](O[C@@H]3OC[C@@H](O)[C@H](O)[C@H]3O)[C@@H]2O)[C@H](O)[C@H]1O. The van der Waals surface area contributed by atoms with Gasteiger partial charge in [0.05, 0.1) is 85.9 Å². The molecule has 13 saturated heterocycles. The first kappa shape index (κ1) is 93.5. The van der Waals surface area contributed by atoms with Gasteiger partial charge in [-0.3, -0.25) is 0 Å². The van der Waals surface area contributed by atoms with Crippen molar-refractivity contribution in [1.82, 2.24) is 0 Å². The second-order valence-electron chi connectivity index (χ2n) is 30.5. The van der Waals surface area contributed by atoms with Gasteiger partial charge in [0.2, 0.25) is 0 Å². The fourth-order valence-corrected chi connectivity index (χ4v) is 15.0. The third-order valence-corrected chi connectivity index (χ3v) is 22.4. The van der Waals surface area contributed by atoms with Crippen LogP contribution in [0, 0.1) is 0 Å². The predicted molar refractivity (Wildman–Crippen MR) is 349 cm³/mol. The molecule has 0 aliphatic carbocycles. The van der Waals surface area contributed by atoms with Crippen LogP contribution in [0.1, 0.15) is 0 Å². The third kappa shape index (κ3) is 20.2.